The van der Waals surface area contributed by atoms with Crippen LogP contribution in [0.3, 0.4) is 0 Å². The molecule has 0 bridgehead atoms. The maximum absolute atomic E-state index is 4.77. The molecule has 4 aromatic rings. The molecule has 0 aliphatic carbocycles. The van der Waals surface area contributed by atoms with Crippen LogP contribution in [0.4, 0.5) is 17.6 Å². The summed E-state index contributed by atoms with van der Waals surface area (Å²) in [5.74, 6) is 3.28. The molecule has 8 heteroatoms. The molecule has 1 atom stereocenters. The number of hydrogen-bond acceptors (Lipinski definition) is 7. The highest BCUT2D eigenvalue weighted by Crippen LogP contribution is 2.33. The van der Waals surface area contributed by atoms with Crippen molar-refractivity contribution in [2.45, 2.75) is 39.5 Å². The Morgan fingerprint density at radius 3 is 2.70 bits per heavy atom. The average molecular weight is 443 g/mol. The van der Waals surface area contributed by atoms with E-state index in [9.17, 15) is 0 Å². The fraction of sp³-hybridized carbons (Fsp3) is 0.400. The van der Waals surface area contributed by atoms with Crippen molar-refractivity contribution in [3.05, 3.63) is 48.7 Å². The Labute approximate surface area is 194 Å². The van der Waals surface area contributed by atoms with Crippen LogP contribution in [0, 0.1) is 5.92 Å². The molecule has 8 nitrogen and oxygen atoms in total. The van der Waals surface area contributed by atoms with Gasteiger partial charge in [-0.05, 0) is 47.8 Å². The summed E-state index contributed by atoms with van der Waals surface area (Å²) in [5, 5.41) is 9.85. The van der Waals surface area contributed by atoms with Crippen molar-refractivity contribution in [1.82, 2.24) is 29.7 Å². The number of nitrogens with zero attached hydrogens (tertiary/aromatic N) is 7. The summed E-state index contributed by atoms with van der Waals surface area (Å²) >= 11 is 0. The molecule has 0 aromatic carbocycles. The van der Waals surface area contributed by atoms with Gasteiger partial charge in [-0.25, -0.2) is 9.97 Å². The van der Waals surface area contributed by atoms with E-state index < -0.39 is 0 Å². The minimum atomic E-state index is 0.338. The highest BCUT2D eigenvalue weighted by Gasteiger charge is 2.19. The van der Waals surface area contributed by atoms with Crippen LogP contribution < -0.4 is 10.2 Å². The standard InChI is InChI=1S/C25H30N8/c1-16(2)20-12-28-24(18-11-29-32(4)15-18)21-13-27-23(10-19(20)21)30-22-7-8-26-25(31-22)33-9-5-6-17(3)14-33/h7-8,10-13,15-17H,5-6,9,14H2,1-4H3,(H,26,27,30,31). The largest absolute Gasteiger partial charge is 0.341 e. The van der Waals surface area contributed by atoms with Crippen LogP contribution in [-0.4, -0.2) is 42.8 Å². The van der Waals surface area contributed by atoms with Gasteiger partial charge in [0.05, 0.1) is 11.9 Å². The number of aryl methyl sites for hydroxylation is 1. The number of anilines is 3. The summed E-state index contributed by atoms with van der Waals surface area (Å²) in [7, 11) is 1.91. The second-order valence-corrected chi connectivity index (χ2v) is 9.29. The van der Waals surface area contributed by atoms with Gasteiger partial charge in [0.25, 0.3) is 0 Å². The average Bonchev–Trinajstić information content (AvgIpc) is 3.24. The zero-order chi connectivity index (χ0) is 22.9. The molecule has 33 heavy (non-hydrogen) atoms. The quantitative estimate of drug-likeness (QED) is 0.469. The Morgan fingerprint density at radius 2 is 1.94 bits per heavy atom. The van der Waals surface area contributed by atoms with Gasteiger partial charge < -0.3 is 10.2 Å². The van der Waals surface area contributed by atoms with E-state index in [0.29, 0.717) is 11.8 Å². The van der Waals surface area contributed by atoms with E-state index in [2.05, 4.69) is 47.1 Å². The van der Waals surface area contributed by atoms with Crippen LogP contribution in [0.1, 0.15) is 45.1 Å². The normalized spacial score (nSPS) is 16.5. The van der Waals surface area contributed by atoms with Gasteiger partial charge in [0.1, 0.15) is 11.6 Å². The van der Waals surface area contributed by atoms with Crippen molar-refractivity contribution in [3.63, 3.8) is 0 Å². The van der Waals surface area contributed by atoms with E-state index in [-0.39, 0.29) is 0 Å². The Bertz CT molecular complexity index is 1280. The molecule has 0 amide bonds. The predicted octanol–water partition coefficient (Wildman–Crippen LogP) is 4.92. The Morgan fingerprint density at radius 1 is 1.06 bits per heavy atom. The van der Waals surface area contributed by atoms with Gasteiger partial charge in [0, 0.05) is 55.9 Å². The minimum absolute atomic E-state index is 0.338. The van der Waals surface area contributed by atoms with E-state index in [0.717, 1.165) is 52.7 Å². The van der Waals surface area contributed by atoms with Gasteiger partial charge in [-0.1, -0.05) is 20.8 Å². The lowest BCUT2D eigenvalue weighted by Crippen LogP contribution is -2.35. The van der Waals surface area contributed by atoms with Crippen LogP contribution in [0.25, 0.3) is 22.0 Å². The fourth-order valence-electron chi connectivity index (χ4n) is 4.53. The zero-order valence-electron chi connectivity index (χ0n) is 19.7. The van der Waals surface area contributed by atoms with Crippen LogP contribution in [0.2, 0.25) is 0 Å². The van der Waals surface area contributed by atoms with Crippen molar-refractivity contribution in [1.29, 1.82) is 0 Å². The summed E-state index contributed by atoms with van der Waals surface area (Å²) in [5.41, 5.74) is 3.07. The van der Waals surface area contributed by atoms with Gasteiger partial charge in [-0.3, -0.25) is 9.67 Å². The topological polar surface area (TPSA) is 84.7 Å². The zero-order valence-corrected chi connectivity index (χ0v) is 19.7. The number of fused-ring (bicyclic) bond motifs is 1. The molecule has 1 saturated heterocycles. The maximum atomic E-state index is 4.77. The predicted molar refractivity (Wildman–Crippen MR) is 132 cm³/mol. The first kappa shape index (κ1) is 21.3. The van der Waals surface area contributed by atoms with Crippen molar-refractivity contribution in [3.8, 4) is 11.3 Å². The van der Waals surface area contributed by atoms with Crippen LogP contribution in [0.5, 0.6) is 0 Å². The number of pyridine rings is 2. The second kappa shape index (κ2) is 8.77. The summed E-state index contributed by atoms with van der Waals surface area (Å²) in [6.45, 7) is 8.66. The van der Waals surface area contributed by atoms with Gasteiger partial charge in [-0.15, -0.1) is 0 Å². The SMILES string of the molecule is CC1CCCN(c2nccc(Nc3cc4c(C(C)C)cnc(-c5cnn(C)c5)c4cn3)n2)C1. The minimum Gasteiger partial charge on any atom is -0.341 e. The highest BCUT2D eigenvalue weighted by molar-refractivity contribution is 5.97. The summed E-state index contributed by atoms with van der Waals surface area (Å²) in [4.78, 5) is 21.0. The summed E-state index contributed by atoms with van der Waals surface area (Å²) < 4.78 is 1.79. The molecular formula is C25H30N8. The Hall–Kier alpha value is -3.55. The van der Waals surface area contributed by atoms with Crippen molar-refractivity contribution in [2.24, 2.45) is 13.0 Å². The van der Waals surface area contributed by atoms with Gasteiger partial charge >= 0.3 is 0 Å². The van der Waals surface area contributed by atoms with E-state index in [1.165, 1.54) is 18.4 Å². The Balaban J connectivity index is 1.49. The molecule has 0 radical (unpaired) electrons. The summed E-state index contributed by atoms with van der Waals surface area (Å²) in [6.07, 6.45) is 11.9. The van der Waals surface area contributed by atoms with Crippen molar-refractivity contribution in [2.75, 3.05) is 23.3 Å². The van der Waals surface area contributed by atoms with E-state index in [1.54, 1.807) is 4.68 Å². The first-order chi connectivity index (χ1) is 16.0. The number of nitrogens with one attached hydrogen (secondary N) is 1. The molecule has 1 unspecified atom stereocenters. The van der Waals surface area contributed by atoms with Gasteiger partial charge in [0.15, 0.2) is 0 Å². The van der Waals surface area contributed by atoms with Gasteiger partial charge in [0.2, 0.25) is 5.95 Å². The van der Waals surface area contributed by atoms with Crippen LogP contribution in [0.15, 0.2) is 43.1 Å². The molecular weight excluding hydrogens is 412 g/mol. The first-order valence-electron chi connectivity index (χ1n) is 11.6. The highest BCUT2D eigenvalue weighted by atomic mass is 15.3. The van der Waals surface area contributed by atoms with Gasteiger partial charge in [-0.2, -0.15) is 10.1 Å². The molecule has 0 saturated carbocycles. The lowest BCUT2D eigenvalue weighted by molar-refractivity contribution is 0.442. The molecule has 1 aliphatic rings. The van der Waals surface area contributed by atoms with Crippen molar-refractivity contribution < 1.29 is 0 Å². The lowest BCUT2D eigenvalue weighted by Gasteiger charge is -2.30. The van der Waals surface area contributed by atoms with Crippen LogP contribution in [-0.2, 0) is 7.05 Å². The van der Waals surface area contributed by atoms with E-state index in [1.807, 2.05) is 44.1 Å². The summed E-state index contributed by atoms with van der Waals surface area (Å²) in [6, 6.07) is 3.98. The number of hydrogen-bond donors (Lipinski definition) is 1. The molecule has 4 aromatic heterocycles. The fourth-order valence-corrected chi connectivity index (χ4v) is 4.53. The number of rotatable bonds is 5. The number of aromatic nitrogens is 6. The monoisotopic (exact) mass is 442 g/mol. The third kappa shape index (κ3) is 4.37. The maximum Gasteiger partial charge on any atom is 0.227 e. The molecule has 170 valence electrons. The molecule has 5 rings (SSSR count). The van der Waals surface area contributed by atoms with E-state index >= 15 is 0 Å². The third-order valence-electron chi connectivity index (χ3n) is 6.24. The Kier molecular flexibility index (Phi) is 5.66. The molecule has 5 heterocycles. The third-order valence-corrected chi connectivity index (χ3v) is 6.24. The second-order valence-electron chi connectivity index (χ2n) is 9.29. The molecule has 1 N–H and O–H groups in total. The smallest absolute Gasteiger partial charge is 0.227 e. The van der Waals surface area contributed by atoms with Crippen LogP contribution >= 0.6 is 0 Å². The molecule has 1 fully saturated rings. The lowest BCUT2D eigenvalue weighted by atomic mass is 9.97. The molecule has 0 spiro atoms. The number of piperidine rings is 1. The molecule has 1 aliphatic heterocycles. The van der Waals surface area contributed by atoms with E-state index in [4.69, 9.17) is 15.0 Å². The first-order valence-corrected chi connectivity index (χ1v) is 11.6. The van der Waals surface area contributed by atoms with Crippen molar-refractivity contribution >= 4 is 28.4 Å².